The van der Waals surface area contributed by atoms with Crippen LogP contribution in [0.15, 0.2) is 42.5 Å². The molecule has 0 radical (unpaired) electrons. The summed E-state index contributed by atoms with van der Waals surface area (Å²) in [7, 11) is 1.68. The molecule has 0 amide bonds. The normalized spacial score (nSPS) is 12.2. The fraction of sp³-hybridized carbons (Fsp3) is 0.294. The lowest BCUT2D eigenvalue weighted by Gasteiger charge is -2.21. The molecule has 0 saturated carbocycles. The number of rotatable bonds is 5. The predicted octanol–water partition coefficient (Wildman–Crippen LogP) is 4.36. The van der Waals surface area contributed by atoms with Crippen LogP contribution in [0, 0.1) is 6.92 Å². The first-order valence-electron chi connectivity index (χ1n) is 6.79. The van der Waals surface area contributed by atoms with Crippen molar-refractivity contribution in [3.8, 4) is 5.75 Å². The fourth-order valence-corrected chi connectivity index (χ4v) is 2.51. The SMILES string of the molecule is CCNC(c1ccc(OC)cc1)c1cc(Cl)ccc1C. The van der Waals surface area contributed by atoms with E-state index in [9.17, 15) is 0 Å². The summed E-state index contributed by atoms with van der Waals surface area (Å²) < 4.78 is 5.22. The predicted molar refractivity (Wildman–Crippen MR) is 84.7 cm³/mol. The molecule has 0 bridgehead atoms. The van der Waals surface area contributed by atoms with E-state index in [0.717, 1.165) is 17.3 Å². The zero-order valence-electron chi connectivity index (χ0n) is 12.1. The smallest absolute Gasteiger partial charge is 0.118 e. The Bertz CT molecular complexity index is 566. The standard InChI is InChI=1S/C17H20ClNO/c1-4-19-17(13-6-9-15(20-3)10-7-13)16-11-14(18)8-5-12(16)2/h5-11,17,19H,4H2,1-3H3. The summed E-state index contributed by atoms with van der Waals surface area (Å²) in [5.41, 5.74) is 3.65. The van der Waals surface area contributed by atoms with E-state index in [4.69, 9.17) is 16.3 Å². The third kappa shape index (κ3) is 3.33. The Kier molecular flexibility index (Phi) is 5.05. The number of halogens is 1. The number of benzene rings is 2. The monoisotopic (exact) mass is 289 g/mol. The molecule has 1 atom stereocenters. The molecule has 0 aliphatic heterocycles. The summed E-state index contributed by atoms with van der Waals surface area (Å²) in [6.45, 7) is 5.11. The first-order chi connectivity index (χ1) is 9.65. The van der Waals surface area contributed by atoms with E-state index in [1.165, 1.54) is 16.7 Å². The van der Waals surface area contributed by atoms with Gasteiger partial charge in [0, 0.05) is 5.02 Å². The Labute approximate surface area is 125 Å². The van der Waals surface area contributed by atoms with Gasteiger partial charge in [-0.15, -0.1) is 0 Å². The minimum atomic E-state index is 0.143. The van der Waals surface area contributed by atoms with Crippen LogP contribution >= 0.6 is 11.6 Å². The van der Waals surface area contributed by atoms with Crippen molar-refractivity contribution >= 4 is 11.6 Å². The summed E-state index contributed by atoms with van der Waals surface area (Å²) in [6.07, 6.45) is 0. The van der Waals surface area contributed by atoms with E-state index < -0.39 is 0 Å². The third-order valence-corrected chi connectivity index (χ3v) is 3.64. The molecule has 1 unspecified atom stereocenters. The Morgan fingerprint density at radius 3 is 2.45 bits per heavy atom. The van der Waals surface area contributed by atoms with Crippen molar-refractivity contribution in [3.63, 3.8) is 0 Å². The lowest BCUT2D eigenvalue weighted by molar-refractivity contribution is 0.414. The van der Waals surface area contributed by atoms with Crippen molar-refractivity contribution < 1.29 is 4.74 Å². The van der Waals surface area contributed by atoms with E-state index in [0.29, 0.717) is 0 Å². The van der Waals surface area contributed by atoms with Crippen molar-refractivity contribution in [3.05, 3.63) is 64.2 Å². The number of nitrogens with one attached hydrogen (secondary N) is 1. The van der Waals surface area contributed by atoms with Gasteiger partial charge < -0.3 is 10.1 Å². The van der Waals surface area contributed by atoms with Crippen LogP contribution in [0.5, 0.6) is 5.75 Å². The zero-order valence-corrected chi connectivity index (χ0v) is 12.9. The average Bonchev–Trinajstić information content (AvgIpc) is 2.48. The second-order valence-corrected chi connectivity index (χ2v) is 5.20. The quantitative estimate of drug-likeness (QED) is 0.883. The lowest BCUT2D eigenvalue weighted by atomic mass is 9.95. The van der Waals surface area contributed by atoms with Crippen molar-refractivity contribution in [2.24, 2.45) is 0 Å². The topological polar surface area (TPSA) is 21.3 Å². The zero-order chi connectivity index (χ0) is 14.5. The van der Waals surface area contributed by atoms with Crippen LogP contribution in [-0.4, -0.2) is 13.7 Å². The number of methoxy groups -OCH3 is 1. The van der Waals surface area contributed by atoms with E-state index in [1.54, 1.807) is 7.11 Å². The highest BCUT2D eigenvalue weighted by Crippen LogP contribution is 2.28. The maximum absolute atomic E-state index is 6.15. The summed E-state index contributed by atoms with van der Waals surface area (Å²) in [5.74, 6) is 0.867. The molecule has 0 aromatic heterocycles. The summed E-state index contributed by atoms with van der Waals surface area (Å²) >= 11 is 6.15. The Morgan fingerprint density at radius 2 is 1.85 bits per heavy atom. The van der Waals surface area contributed by atoms with Crippen molar-refractivity contribution in [2.75, 3.05) is 13.7 Å². The van der Waals surface area contributed by atoms with Gasteiger partial charge in [-0.1, -0.05) is 36.7 Å². The van der Waals surface area contributed by atoms with Gasteiger partial charge in [-0.2, -0.15) is 0 Å². The largest absolute Gasteiger partial charge is 0.497 e. The molecule has 2 rings (SSSR count). The molecule has 0 saturated heterocycles. The van der Waals surface area contributed by atoms with Crippen molar-refractivity contribution in [1.82, 2.24) is 5.32 Å². The van der Waals surface area contributed by atoms with Crippen LogP contribution in [-0.2, 0) is 0 Å². The van der Waals surface area contributed by atoms with Gasteiger partial charge in [0.05, 0.1) is 13.2 Å². The van der Waals surface area contributed by atoms with E-state index in [1.807, 2.05) is 24.3 Å². The minimum absolute atomic E-state index is 0.143. The number of hydrogen-bond acceptors (Lipinski definition) is 2. The second-order valence-electron chi connectivity index (χ2n) is 4.76. The molecule has 2 nitrogen and oxygen atoms in total. The second kappa shape index (κ2) is 6.78. The molecule has 0 fully saturated rings. The average molecular weight is 290 g/mol. The Balaban J connectivity index is 2.41. The molecule has 1 N–H and O–H groups in total. The van der Waals surface area contributed by atoms with E-state index in [2.05, 4.69) is 37.4 Å². The van der Waals surface area contributed by atoms with Gasteiger partial charge in [0.15, 0.2) is 0 Å². The van der Waals surface area contributed by atoms with Crippen LogP contribution < -0.4 is 10.1 Å². The molecule has 0 aliphatic carbocycles. The number of aryl methyl sites for hydroxylation is 1. The molecule has 3 heteroatoms. The Hall–Kier alpha value is -1.51. The lowest BCUT2D eigenvalue weighted by Crippen LogP contribution is -2.22. The van der Waals surface area contributed by atoms with Crippen LogP contribution in [0.2, 0.25) is 5.02 Å². The number of hydrogen-bond donors (Lipinski definition) is 1. The molecule has 2 aromatic rings. The molecular weight excluding hydrogens is 270 g/mol. The highest BCUT2D eigenvalue weighted by Gasteiger charge is 2.15. The fourth-order valence-electron chi connectivity index (χ4n) is 2.33. The summed E-state index contributed by atoms with van der Waals surface area (Å²) in [5, 5.41) is 4.29. The third-order valence-electron chi connectivity index (χ3n) is 3.41. The van der Waals surface area contributed by atoms with Crippen LogP contribution in [0.4, 0.5) is 0 Å². The highest BCUT2D eigenvalue weighted by atomic mass is 35.5. The van der Waals surface area contributed by atoms with Gasteiger partial charge in [-0.05, 0) is 54.4 Å². The van der Waals surface area contributed by atoms with Crippen LogP contribution in [0.1, 0.15) is 29.7 Å². The van der Waals surface area contributed by atoms with Gasteiger partial charge in [-0.25, -0.2) is 0 Å². The summed E-state index contributed by atoms with van der Waals surface area (Å²) in [6, 6.07) is 14.3. The molecular formula is C17H20ClNO. The van der Waals surface area contributed by atoms with Crippen LogP contribution in [0.25, 0.3) is 0 Å². The van der Waals surface area contributed by atoms with Gasteiger partial charge in [-0.3, -0.25) is 0 Å². The van der Waals surface area contributed by atoms with Crippen molar-refractivity contribution in [1.29, 1.82) is 0 Å². The Morgan fingerprint density at radius 1 is 1.15 bits per heavy atom. The van der Waals surface area contributed by atoms with Gasteiger partial charge >= 0.3 is 0 Å². The molecule has 0 aliphatic rings. The van der Waals surface area contributed by atoms with E-state index in [-0.39, 0.29) is 6.04 Å². The molecule has 106 valence electrons. The van der Waals surface area contributed by atoms with Gasteiger partial charge in [0.2, 0.25) is 0 Å². The maximum Gasteiger partial charge on any atom is 0.118 e. The van der Waals surface area contributed by atoms with Gasteiger partial charge in [0.25, 0.3) is 0 Å². The molecule has 0 spiro atoms. The number of ether oxygens (including phenoxy) is 1. The van der Waals surface area contributed by atoms with Gasteiger partial charge in [0.1, 0.15) is 5.75 Å². The van der Waals surface area contributed by atoms with E-state index >= 15 is 0 Å². The first kappa shape index (κ1) is 14.9. The minimum Gasteiger partial charge on any atom is -0.497 e. The van der Waals surface area contributed by atoms with Crippen LogP contribution in [0.3, 0.4) is 0 Å². The maximum atomic E-state index is 6.15. The first-order valence-corrected chi connectivity index (χ1v) is 7.17. The molecule has 20 heavy (non-hydrogen) atoms. The summed E-state index contributed by atoms with van der Waals surface area (Å²) in [4.78, 5) is 0. The molecule has 2 aromatic carbocycles. The molecule has 0 heterocycles. The van der Waals surface area contributed by atoms with Crippen molar-refractivity contribution in [2.45, 2.75) is 19.9 Å². The highest BCUT2D eigenvalue weighted by molar-refractivity contribution is 6.30.